The quantitative estimate of drug-likeness (QED) is 0.649. The van der Waals surface area contributed by atoms with Crippen LogP contribution in [0.15, 0.2) is 18.2 Å². The van der Waals surface area contributed by atoms with Crippen molar-refractivity contribution in [2.75, 3.05) is 6.61 Å². The lowest BCUT2D eigenvalue weighted by molar-refractivity contribution is -0.161. The summed E-state index contributed by atoms with van der Waals surface area (Å²) < 4.78 is 27.6. The van der Waals surface area contributed by atoms with Crippen molar-refractivity contribution >= 4 is 11.6 Å². The number of aliphatic hydroxyl groups is 1. The highest BCUT2D eigenvalue weighted by Gasteiger charge is 2.50. The molecule has 6 heteroatoms. The fourth-order valence-corrected chi connectivity index (χ4v) is 4.85. The van der Waals surface area contributed by atoms with E-state index in [1.807, 2.05) is 12.1 Å². The lowest BCUT2D eigenvalue weighted by Crippen LogP contribution is -2.42. The number of carbonyl (C=O) groups is 2. The van der Waals surface area contributed by atoms with Crippen LogP contribution in [0.4, 0.5) is 8.78 Å². The Bertz CT molecular complexity index is 725. The van der Waals surface area contributed by atoms with Gasteiger partial charge in [-0.05, 0) is 80.0 Å². The highest BCUT2D eigenvalue weighted by atomic mass is 19.3. The molecule has 154 valence electrons. The molecule has 0 aromatic heterocycles. The molecule has 1 aromatic carbocycles. The zero-order valence-electron chi connectivity index (χ0n) is 16.0. The van der Waals surface area contributed by atoms with Gasteiger partial charge in [-0.15, -0.1) is 0 Å². The number of aliphatic hydroxyl groups excluding tert-OH is 1. The molecule has 0 saturated heterocycles. The summed E-state index contributed by atoms with van der Waals surface area (Å²) in [5.74, 6) is -7.04. The van der Waals surface area contributed by atoms with Crippen LogP contribution in [-0.4, -0.2) is 34.3 Å². The van der Waals surface area contributed by atoms with Crippen molar-refractivity contribution in [1.82, 2.24) is 0 Å². The Labute approximate surface area is 164 Å². The number of Topliss-reactive ketones (excluding diaryl/α,β-unsaturated/α-hetero) is 2. The first kappa shape index (κ1) is 20.9. The first-order valence-corrected chi connectivity index (χ1v) is 10.2. The van der Waals surface area contributed by atoms with E-state index >= 15 is 0 Å². The summed E-state index contributed by atoms with van der Waals surface area (Å²) in [5, 5.41) is 18.5. The van der Waals surface area contributed by atoms with Gasteiger partial charge in [0.2, 0.25) is 11.6 Å². The summed E-state index contributed by atoms with van der Waals surface area (Å²) in [4.78, 5) is 23.2. The van der Waals surface area contributed by atoms with E-state index in [-0.39, 0.29) is 11.7 Å². The Morgan fingerprint density at radius 2 is 1.82 bits per heavy atom. The van der Waals surface area contributed by atoms with Gasteiger partial charge in [0.15, 0.2) is 0 Å². The van der Waals surface area contributed by atoms with Gasteiger partial charge in [-0.3, -0.25) is 9.59 Å². The van der Waals surface area contributed by atoms with Crippen LogP contribution in [0.3, 0.4) is 0 Å². The third kappa shape index (κ3) is 4.43. The molecule has 2 aliphatic rings. The number of hydrogen-bond donors (Lipinski definition) is 2. The number of phenols is 1. The minimum atomic E-state index is -4.08. The fourth-order valence-electron chi connectivity index (χ4n) is 4.85. The number of phenolic OH excluding ortho intramolecular Hbond substituents is 1. The van der Waals surface area contributed by atoms with Crippen molar-refractivity contribution in [2.24, 2.45) is 11.8 Å². The maximum atomic E-state index is 13.8. The van der Waals surface area contributed by atoms with Crippen molar-refractivity contribution in [1.29, 1.82) is 0 Å². The number of alkyl halides is 2. The van der Waals surface area contributed by atoms with Gasteiger partial charge in [0.25, 0.3) is 0 Å². The van der Waals surface area contributed by atoms with Gasteiger partial charge in [0.05, 0.1) is 0 Å². The highest BCUT2D eigenvalue weighted by Crippen LogP contribution is 2.40. The molecule has 2 fully saturated rings. The first-order chi connectivity index (χ1) is 13.3. The molecule has 0 aliphatic heterocycles. The molecule has 0 spiro atoms. The molecule has 2 saturated carbocycles. The van der Waals surface area contributed by atoms with E-state index in [0.29, 0.717) is 25.2 Å². The van der Waals surface area contributed by atoms with E-state index in [9.17, 15) is 23.5 Å². The van der Waals surface area contributed by atoms with Gasteiger partial charge < -0.3 is 10.2 Å². The molecule has 2 aliphatic carbocycles. The van der Waals surface area contributed by atoms with Crippen LogP contribution >= 0.6 is 0 Å². The van der Waals surface area contributed by atoms with Crippen LogP contribution in [0.5, 0.6) is 5.75 Å². The number of aryl methyl sites for hydroxylation is 1. The second-order valence-corrected chi connectivity index (χ2v) is 8.30. The number of ketones is 2. The van der Waals surface area contributed by atoms with Crippen LogP contribution in [0.2, 0.25) is 0 Å². The van der Waals surface area contributed by atoms with Crippen molar-refractivity contribution in [3.8, 4) is 5.75 Å². The van der Waals surface area contributed by atoms with Crippen LogP contribution in [-0.2, 0) is 16.0 Å². The largest absolute Gasteiger partial charge is 0.508 e. The van der Waals surface area contributed by atoms with E-state index in [1.165, 1.54) is 24.0 Å². The maximum Gasteiger partial charge on any atom is 0.365 e. The van der Waals surface area contributed by atoms with E-state index in [1.54, 1.807) is 6.07 Å². The van der Waals surface area contributed by atoms with Gasteiger partial charge in [-0.25, -0.2) is 0 Å². The normalized spacial score (nSPS) is 23.2. The number of rotatable bonds is 8. The minimum absolute atomic E-state index is 0.166. The van der Waals surface area contributed by atoms with Crippen LogP contribution in [0.25, 0.3) is 0 Å². The summed E-state index contributed by atoms with van der Waals surface area (Å²) >= 11 is 0. The molecule has 3 rings (SSSR count). The molecular weight excluding hydrogens is 366 g/mol. The van der Waals surface area contributed by atoms with Crippen molar-refractivity contribution in [3.05, 3.63) is 29.3 Å². The SMILES string of the molecule is O=C(CO)C(F)(F)C(=O)C1CCC(CCc2ccc(O)cc2C2CCCC2)C1. The van der Waals surface area contributed by atoms with Gasteiger partial charge in [-0.2, -0.15) is 8.78 Å². The molecule has 0 heterocycles. The summed E-state index contributed by atoms with van der Waals surface area (Å²) in [6.07, 6.45) is 7.68. The number of carbonyl (C=O) groups excluding carboxylic acids is 2. The van der Waals surface area contributed by atoms with Gasteiger partial charge in [-0.1, -0.05) is 18.9 Å². The summed E-state index contributed by atoms with van der Waals surface area (Å²) in [6.45, 7) is -1.32. The third-order valence-corrected chi connectivity index (χ3v) is 6.46. The van der Waals surface area contributed by atoms with E-state index in [0.717, 1.165) is 25.7 Å². The smallest absolute Gasteiger partial charge is 0.365 e. The lowest BCUT2D eigenvalue weighted by atomic mass is 9.88. The van der Waals surface area contributed by atoms with Gasteiger partial charge in [0, 0.05) is 5.92 Å². The van der Waals surface area contributed by atoms with Crippen molar-refractivity contribution in [2.45, 2.75) is 69.6 Å². The Morgan fingerprint density at radius 3 is 2.50 bits per heavy atom. The minimum Gasteiger partial charge on any atom is -0.508 e. The number of hydrogen-bond acceptors (Lipinski definition) is 4. The average Bonchev–Trinajstić information content (AvgIpc) is 3.37. The molecule has 4 nitrogen and oxygen atoms in total. The molecule has 2 atom stereocenters. The number of aromatic hydroxyl groups is 1. The lowest BCUT2D eigenvalue weighted by Gasteiger charge is -2.18. The van der Waals surface area contributed by atoms with E-state index < -0.39 is 30.0 Å². The molecule has 28 heavy (non-hydrogen) atoms. The number of halogens is 2. The summed E-state index contributed by atoms with van der Waals surface area (Å²) in [5.41, 5.74) is 2.39. The van der Waals surface area contributed by atoms with Crippen molar-refractivity contribution < 1.29 is 28.6 Å². The zero-order valence-corrected chi connectivity index (χ0v) is 16.0. The first-order valence-electron chi connectivity index (χ1n) is 10.2. The summed E-state index contributed by atoms with van der Waals surface area (Å²) in [6, 6.07) is 5.50. The van der Waals surface area contributed by atoms with Crippen molar-refractivity contribution in [3.63, 3.8) is 0 Å². The molecule has 0 radical (unpaired) electrons. The van der Waals surface area contributed by atoms with Crippen LogP contribution in [0.1, 0.15) is 68.4 Å². The number of benzene rings is 1. The molecule has 0 amide bonds. The Hall–Kier alpha value is -1.82. The van der Waals surface area contributed by atoms with Gasteiger partial charge in [0.1, 0.15) is 12.4 Å². The Balaban J connectivity index is 1.60. The van der Waals surface area contributed by atoms with Gasteiger partial charge >= 0.3 is 5.92 Å². The van der Waals surface area contributed by atoms with Crippen LogP contribution in [0, 0.1) is 11.8 Å². The molecule has 0 bridgehead atoms. The highest BCUT2D eigenvalue weighted by molar-refractivity contribution is 6.09. The third-order valence-electron chi connectivity index (χ3n) is 6.46. The predicted molar refractivity (Wildman–Crippen MR) is 101 cm³/mol. The van der Waals surface area contributed by atoms with Crippen LogP contribution < -0.4 is 0 Å². The van der Waals surface area contributed by atoms with E-state index in [4.69, 9.17) is 5.11 Å². The second-order valence-electron chi connectivity index (χ2n) is 8.30. The molecule has 2 N–H and O–H groups in total. The van der Waals surface area contributed by atoms with E-state index in [2.05, 4.69) is 0 Å². The molecular formula is C22H28F2O4. The predicted octanol–water partition coefficient (Wildman–Crippen LogP) is 4.16. The summed E-state index contributed by atoms with van der Waals surface area (Å²) in [7, 11) is 0. The molecule has 2 unspecified atom stereocenters. The second kappa shape index (κ2) is 8.68. The topological polar surface area (TPSA) is 74.6 Å². The maximum absolute atomic E-state index is 13.8. The average molecular weight is 394 g/mol. The monoisotopic (exact) mass is 394 g/mol. The Kier molecular flexibility index (Phi) is 6.48. The zero-order chi connectivity index (χ0) is 20.3. The fraction of sp³-hybridized carbons (Fsp3) is 0.636. The molecule has 1 aromatic rings. The Morgan fingerprint density at radius 1 is 1.11 bits per heavy atom. The standard InChI is InChI=1S/C22H28F2O4/c23-22(24,20(27)13-25)21(28)17-8-6-14(11-17)5-7-16-9-10-18(26)12-19(16)15-3-1-2-4-15/h9-10,12,14-15,17,25-26H,1-8,11,13H2.